The van der Waals surface area contributed by atoms with Crippen LogP contribution in [0.25, 0.3) is 11.3 Å². The molecule has 1 fully saturated rings. The van der Waals surface area contributed by atoms with Crippen LogP contribution in [-0.2, 0) is 6.18 Å². The lowest BCUT2D eigenvalue weighted by molar-refractivity contribution is -0.137. The number of alkyl halides is 3. The van der Waals surface area contributed by atoms with Crippen molar-refractivity contribution >= 4 is 11.6 Å². The molecule has 1 unspecified atom stereocenters. The number of rotatable bonds is 4. The number of hydrogen-bond acceptors (Lipinski definition) is 6. The maximum Gasteiger partial charge on any atom is 0.416 e. The number of carbonyl (C=O) groups is 1. The maximum atomic E-state index is 13.3. The lowest BCUT2D eigenvalue weighted by Crippen LogP contribution is -2.49. The van der Waals surface area contributed by atoms with E-state index in [0.29, 0.717) is 43.1 Å². The maximum absolute atomic E-state index is 13.3. The third-order valence-electron chi connectivity index (χ3n) is 5.35. The van der Waals surface area contributed by atoms with Crippen molar-refractivity contribution in [1.82, 2.24) is 15.0 Å². The second kappa shape index (κ2) is 8.62. The monoisotopic (exact) mass is 446 g/mol. The summed E-state index contributed by atoms with van der Waals surface area (Å²) in [5.41, 5.74) is 0.784. The molecule has 32 heavy (non-hydrogen) atoms. The number of aliphatic hydroxyl groups excluding tert-OH is 1. The van der Waals surface area contributed by atoms with Crippen molar-refractivity contribution in [2.75, 3.05) is 31.1 Å². The van der Waals surface area contributed by atoms with Crippen molar-refractivity contribution < 1.29 is 27.6 Å². The van der Waals surface area contributed by atoms with Gasteiger partial charge in [-0.2, -0.15) is 13.2 Å². The van der Waals surface area contributed by atoms with Crippen LogP contribution < -0.4 is 4.90 Å². The van der Waals surface area contributed by atoms with E-state index >= 15 is 0 Å². The predicted molar refractivity (Wildman–Crippen MR) is 110 cm³/mol. The Bertz CT molecular complexity index is 1090. The molecule has 0 saturated carbocycles. The van der Waals surface area contributed by atoms with Gasteiger partial charge in [-0.25, -0.2) is 0 Å². The molecule has 1 saturated heterocycles. The topological polar surface area (TPSA) is 82.7 Å². The van der Waals surface area contributed by atoms with Crippen LogP contribution in [0.5, 0.6) is 0 Å². The number of hydrogen-bond donors (Lipinski definition) is 1. The first-order chi connectivity index (χ1) is 15.3. The first-order valence-corrected chi connectivity index (χ1v) is 10.0. The number of aliphatic hydroxyl groups is 1. The fourth-order valence-corrected chi connectivity index (χ4v) is 3.70. The SMILES string of the molecule is CC(O)c1onc(-c2cccnc2)c1C(=O)N1CCN(c2cccc(C(F)(F)F)c2)CC1. The molecule has 1 aliphatic rings. The quantitative estimate of drug-likeness (QED) is 0.657. The molecular weight excluding hydrogens is 425 g/mol. The zero-order valence-corrected chi connectivity index (χ0v) is 17.2. The van der Waals surface area contributed by atoms with Gasteiger partial charge in [0.05, 0.1) is 5.56 Å². The largest absolute Gasteiger partial charge is 0.416 e. The van der Waals surface area contributed by atoms with Crippen molar-refractivity contribution in [2.24, 2.45) is 0 Å². The minimum absolute atomic E-state index is 0.0640. The van der Waals surface area contributed by atoms with E-state index in [1.165, 1.54) is 13.0 Å². The summed E-state index contributed by atoms with van der Waals surface area (Å²) in [5.74, 6) is -0.293. The van der Waals surface area contributed by atoms with Crippen LogP contribution in [0.15, 0.2) is 53.3 Å². The van der Waals surface area contributed by atoms with Crippen molar-refractivity contribution in [3.05, 3.63) is 65.7 Å². The Balaban J connectivity index is 1.54. The van der Waals surface area contributed by atoms with Crippen LogP contribution in [0.2, 0.25) is 0 Å². The van der Waals surface area contributed by atoms with Gasteiger partial charge in [0.25, 0.3) is 5.91 Å². The lowest BCUT2D eigenvalue weighted by atomic mass is 10.0. The number of anilines is 1. The summed E-state index contributed by atoms with van der Waals surface area (Å²) in [7, 11) is 0. The molecule has 0 aliphatic carbocycles. The third-order valence-corrected chi connectivity index (χ3v) is 5.35. The number of aromatic nitrogens is 2. The highest BCUT2D eigenvalue weighted by atomic mass is 19.4. The van der Waals surface area contributed by atoms with Gasteiger partial charge in [-0.3, -0.25) is 9.78 Å². The van der Waals surface area contributed by atoms with Gasteiger partial charge in [0.15, 0.2) is 5.76 Å². The van der Waals surface area contributed by atoms with Crippen LogP contribution in [0, 0.1) is 0 Å². The standard InChI is InChI=1S/C22H21F3N4O3/c1-14(30)20-18(19(27-32-20)15-4-3-7-26-13-15)21(31)29-10-8-28(9-11-29)17-6-2-5-16(12-17)22(23,24)25/h2-7,12-14,30H,8-11H2,1H3. The molecular formula is C22H21F3N4O3. The van der Waals surface area contributed by atoms with E-state index in [4.69, 9.17) is 4.52 Å². The summed E-state index contributed by atoms with van der Waals surface area (Å²) in [4.78, 5) is 20.8. The molecule has 3 heterocycles. The van der Waals surface area contributed by atoms with Crippen molar-refractivity contribution in [1.29, 1.82) is 0 Å². The van der Waals surface area contributed by atoms with E-state index in [2.05, 4.69) is 10.1 Å². The van der Waals surface area contributed by atoms with Gasteiger partial charge < -0.3 is 19.4 Å². The summed E-state index contributed by atoms with van der Waals surface area (Å²) in [6, 6.07) is 8.59. The van der Waals surface area contributed by atoms with Gasteiger partial charge in [0, 0.05) is 49.8 Å². The number of nitrogens with zero attached hydrogens (tertiary/aromatic N) is 4. The molecule has 1 N–H and O–H groups in total. The van der Waals surface area contributed by atoms with Gasteiger partial charge in [-0.1, -0.05) is 11.2 Å². The first-order valence-electron chi connectivity index (χ1n) is 10.0. The van der Waals surface area contributed by atoms with Crippen molar-refractivity contribution in [3.63, 3.8) is 0 Å². The molecule has 1 aromatic carbocycles. The number of halogens is 3. The van der Waals surface area contributed by atoms with Crippen LogP contribution in [0.3, 0.4) is 0 Å². The first kappa shape index (κ1) is 21.8. The third kappa shape index (κ3) is 4.31. The predicted octanol–water partition coefficient (Wildman–Crippen LogP) is 3.77. The summed E-state index contributed by atoms with van der Waals surface area (Å²) in [5, 5.41) is 14.1. The van der Waals surface area contributed by atoms with E-state index in [1.54, 1.807) is 35.5 Å². The van der Waals surface area contributed by atoms with E-state index in [9.17, 15) is 23.1 Å². The van der Waals surface area contributed by atoms with Gasteiger partial charge in [-0.05, 0) is 37.3 Å². The van der Waals surface area contributed by atoms with Gasteiger partial charge in [0.1, 0.15) is 17.4 Å². The molecule has 0 radical (unpaired) electrons. The molecule has 3 aromatic rings. The Morgan fingerprint density at radius 3 is 2.53 bits per heavy atom. The van der Waals surface area contributed by atoms with E-state index < -0.39 is 17.8 Å². The lowest BCUT2D eigenvalue weighted by Gasteiger charge is -2.36. The van der Waals surface area contributed by atoms with Crippen molar-refractivity contribution in [3.8, 4) is 11.3 Å². The number of benzene rings is 1. The Morgan fingerprint density at radius 2 is 1.91 bits per heavy atom. The summed E-state index contributed by atoms with van der Waals surface area (Å²) in [6.07, 6.45) is -2.32. The molecule has 168 valence electrons. The van der Waals surface area contributed by atoms with Crippen LogP contribution >= 0.6 is 0 Å². The highest BCUT2D eigenvalue weighted by Gasteiger charge is 2.33. The van der Waals surface area contributed by atoms with Crippen molar-refractivity contribution in [2.45, 2.75) is 19.2 Å². The minimum atomic E-state index is -4.41. The Labute approximate surface area is 182 Å². The fraction of sp³-hybridized carbons (Fsp3) is 0.318. The van der Waals surface area contributed by atoms with Gasteiger partial charge in [-0.15, -0.1) is 0 Å². The number of amides is 1. The van der Waals surface area contributed by atoms with Gasteiger partial charge in [0.2, 0.25) is 0 Å². The zero-order chi connectivity index (χ0) is 22.9. The normalized spacial score (nSPS) is 15.7. The molecule has 1 atom stereocenters. The van der Waals surface area contributed by atoms with E-state index in [-0.39, 0.29) is 17.2 Å². The van der Waals surface area contributed by atoms with Crippen LogP contribution in [0.4, 0.5) is 18.9 Å². The Hall–Kier alpha value is -3.40. The molecule has 2 aromatic heterocycles. The number of piperazine rings is 1. The fourth-order valence-electron chi connectivity index (χ4n) is 3.70. The Morgan fingerprint density at radius 1 is 1.16 bits per heavy atom. The number of carbonyl (C=O) groups excluding carboxylic acids is 1. The Kier molecular flexibility index (Phi) is 5.88. The number of pyridine rings is 1. The molecule has 1 aliphatic heterocycles. The van der Waals surface area contributed by atoms with E-state index in [1.807, 2.05) is 4.90 Å². The second-order valence-corrected chi connectivity index (χ2v) is 7.52. The van der Waals surface area contributed by atoms with Crippen LogP contribution in [-0.4, -0.2) is 52.2 Å². The van der Waals surface area contributed by atoms with E-state index in [0.717, 1.165) is 12.1 Å². The zero-order valence-electron chi connectivity index (χ0n) is 17.2. The van der Waals surface area contributed by atoms with Crippen LogP contribution in [0.1, 0.15) is 34.7 Å². The smallest absolute Gasteiger partial charge is 0.385 e. The van der Waals surface area contributed by atoms with Gasteiger partial charge >= 0.3 is 6.18 Å². The highest BCUT2D eigenvalue weighted by molar-refractivity contribution is 6.01. The average molecular weight is 446 g/mol. The minimum Gasteiger partial charge on any atom is -0.385 e. The summed E-state index contributed by atoms with van der Waals surface area (Å²) in [6.45, 7) is 2.81. The second-order valence-electron chi connectivity index (χ2n) is 7.52. The summed E-state index contributed by atoms with van der Waals surface area (Å²) < 4.78 is 44.4. The molecule has 0 spiro atoms. The molecule has 1 amide bonds. The molecule has 0 bridgehead atoms. The highest BCUT2D eigenvalue weighted by Crippen LogP contribution is 2.33. The average Bonchev–Trinajstić information content (AvgIpc) is 3.24. The summed E-state index contributed by atoms with van der Waals surface area (Å²) >= 11 is 0. The molecule has 10 heteroatoms. The molecule has 7 nitrogen and oxygen atoms in total. The molecule has 4 rings (SSSR count).